The monoisotopic (exact) mass is 458 g/mol. The van der Waals surface area contributed by atoms with Crippen LogP contribution in [0, 0.1) is 52.3 Å². The van der Waals surface area contributed by atoms with Crippen LogP contribution in [0.3, 0.4) is 0 Å². The van der Waals surface area contributed by atoms with Gasteiger partial charge >= 0.3 is 6.16 Å². The van der Waals surface area contributed by atoms with Gasteiger partial charge in [0.05, 0.1) is 6.61 Å². The van der Waals surface area contributed by atoms with E-state index in [1.54, 1.807) is 0 Å². The van der Waals surface area contributed by atoms with Crippen molar-refractivity contribution in [1.82, 2.24) is 0 Å². The van der Waals surface area contributed by atoms with Gasteiger partial charge in [-0.25, -0.2) is 4.79 Å². The van der Waals surface area contributed by atoms with E-state index in [2.05, 4.69) is 46.8 Å². The average Bonchev–Trinajstić information content (AvgIpc) is 3.11. The Morgan fingerprint density at radius 1 is 1.03 bits per heavy atom. The molecule has 3 saturated carbocycles. The summed E-state index contributed by atoms with van der Waals surface area (Å²) in [4.78, 5) is 11.8. The molecule has 0 aliphatic heterocycles. The topological polar surface area (TPSA) is 35.5 Å². The van der Waals surface area contributed by atoms with E-state index in [0.29, 0.717) is 17.9 Å². The van der Waals surface area contributed by atoms with Crippen molar-refractivity contribution < 1.29 is 14.3 Å². The summed E-state index contributed by atoms with van der Waals surface area (Å²) in [5.41, 5.74) is 0.815. The summed E-state index contributed by atoms with van der Waals surface area (Å²) < 4.78 is 10.6. The Morgan fingerprint density at radius 3 is 2.55 bits per heavy atom. The van der Waals surface area contributed by atoms with Crippen molar-refractivity contribution >= 4 is 6.16 Å². The Balaban J connectivity index is 1.43. The molecule has 33 heavy (non-hydrogen) atoms. The predicted molar refractivity (Wildman–Crippen MR) is 135 cm³/mol. The van der Waals surface area contributed by atoms with Gasteiger partial charge < -0.3 is 9.47 Å². The zero-order valence-corrected chi connectivity index (χ0v) is 22.3. The molecule has 4 rings (SSSR count). The number of allylic oxidation sites excluding steroid dienone is 1. The molecule has 3 fully saturated rings. The number of rotatable bonds is 7. The lowest BCUT2D eigenvalue weighted by atomic mass is 9.45. The maximum absolute atomic E-state index is 11.8. The molecule has 0 aromatic carbocycles. The molecule has 3 nitrogen and oxygen atoms in total. The minimum atomic E-state index is -0.516. The van der Waals surface area contributed by atoms with Gasteiger partial charge in [-0.3, -0.25) is 0 Å². The summed E-state index contributed by atoms with van der Waals surface area (Å²) in [5, 5.41) is 0. The Morgan fingerprint density at radius 2 is 1.82 bits per heavy atom. The Bertz CT molecular complexity index is 713. The second kappa shape index (κ2) is 9.94. The van der Waals surface area contributed by atoms with Crippen molar-refractivity contribution in [3.05, 3.63) is 12.2 Å². The highest BCUT2D eigenvalue weighted by Crippen LogP contribution is 2.67. The van der Waals surface area contributed by atoms with Crippen molar-refractivity contribution in [2.45, 2.75) is 112 Å². The molecule has 0 spiro atoms. The van der Waals surface area contributed by atoms with Crippen LogP contribution in [0.4, 0.5) is 4.79 Å². The van der Waals surface area contributed by atoms with Gasteiger partial charge in [0.1, 0.15) is 6.10 Å². The third kappa shape index (κ3) is 4.76. The molecule has 0 radical (unpaired) electrons. The van der Waals surface area contributed by atoms with Crippen LogP contribution in [0.5, 0.6) is 0 Å². The first kappa shape index (κ1) is 25.1. The molecule has 0 unspecified atom stereocenters. The number of fused-ring (bicyclic) bond motifs is 5. The summed E-state index contributed by atoms with van der Waals surface area (Å²) in [6.45, 7) is 14.7. The number of hydrogen-bond donors (Lipinski definition) is 0. The van der Waals surface area contributed by atoms with Gasteiger partial charge in [-0.05, 0) is 110 Å². The van der Waals surface area contributed by atoms with E-state index in [4.69, 9.17) is 9.47 Å². The highest BCUT2D eigenvalue weighted by Gasteiger charge is 2.60. The standard InChI is InChI=1S/C30H50O3/c1-7-32-28(31)33-23-15-17-29(5)22(19-23)11-12-24-26-14-13-25(21(4)10-8-9-20(2)3)30(26,6)18-16-27(24)29/h15,17,20-27H,7-14,16,18-19H2,1-6H3/t21-,22+,23-,24+,25-,26+,27+,29+,30-/m1/s1. The number of carbonyl (C=O) groups excluding carboxylic acids is 1. The minimum Gasteiger partial charge on any atom is -0.435 e. The van der Waals surface area contributed by atoms with Gasteiger partial charge in [-0.2, -0.15) is 0 Å². The van der Waals surface area contributed by atoms with Crippen LogP contribution >= 0.6 is 0 Å². The zero-order valence-electron chi connectivity index (χ0n) is 22.3. The molecular weight excluding hydrogens is 408 g/mol. The van der Waals surface area contributed by atoms with E-state index >= 15 is 0 Å². The summed E-state index contributed by atoms with van der Waals surface area (Å²) in [7, 11) is 0. The van der Waals surface area contributed by atoms with Gasteiger partial charge in [0.2, 0.25) is 0 Å². The van der Waals surface area contributed by atoms with E-state index in [0.717, 1.165) is 41.9 Å². The summed E-state index contributed by atoms with van der Waals surface area (Å²) in [6.07, 6.45) is 17.5. The van der Waals surface area contributed by atoms with Gasteiger partial charge in [-0.1, -0.05) is 60.0 Å². The van der Waals surface area contributed by atoms with E-state index in [1.165, 1.54) is 57.8 Å². The third-order valence-corrected chi connectivity index (χ3v) is 10.9. The SMILES string of the molecule is CCOC(=O)O[C@@H]1C=C[C@@]2(C)[C@@H](CC[C@@H]3[C@@H]2CC[C@]2(C)[C@@H]([C@H](C)CCCC(C)C)CC[C@@H]32)C1. The first-order valence-corrected chi connectivity index (χ1v) is 14.2. The number of ether oxygens (including phenoxy) is 2. The van der Waals surface area contributed by atoms with Crippen molar-refractivity contribution in [2.75, 3.05) is 6.61 Å². The Hall–Kier alpha value is -0.990. The van der Waals surface area contributed by atoms with Crippen LogP contribution in [0.2, 0.25) is 0 Å². The average molecular weight is 459 g/mol. The van der Waals surface area contributed by atoms with Crippen molar-refractivity contribution in [2.24, 2.45) is 52.3 Å². The van der Waals surface area contributed by atoms with Crippen LogP contribution in [0.15, 0.2) is 12.2 Å². The molecule has 4 aliphatic carbocycles. The van der Waals surface area contributed by atoms with Gasteiger partial charge in [0.25, 0.3) is 0 Å². The molecule has 0 bridgehead atoms. The van der Waals surface area contributed by atoms with E-state index in [9.17, 15) is 4.79 Å². The molecule has 0 heterocycles. The molecule has 3 heteroatoms. The quantitative estimate of drug-likeness (QED) is 0.284. The van der Waals surface area contributed by atoms with Gasteiger partial charge in [-0.15, -0.1) is 0 Å². The lowest BCUT2D eigenvalue weighted by molar-refractivity contribution is -0.0928. The molecule has 4 aliphatic rings. The lowest BCUT2D eigenvalue weighted by Gasteiger charge is -2.59. The molecule has 188 valence electrons. The maximum Gasteiger partial charge on any atom is 0.508 e. The van der Waals surface area contributed by atoms with Crippen molar-refractivity contribution in [1.29, 1.82) is 0 Å². The van der Waals surface area contributed by atoms with Crippen LogP contribution in [0.25, 0.3) is 0 Å². The van der Waals surface area contributed by atoms with Gasteiger partial charge in [0, 0.05) is 0 Å². The highest BCUT2D eigenvalue weighted by atomic mass is 16.7. The zero-order chi connectivity index (χ0) is 23.8. The van der Waals surface area contributed by atoms with Crippen molar-refractivity contribution in [3.8, 4) is 0 Å². The predicted octanol–water partition coefficient (Wildman–Crippen LogP) is 8.43. The summed E-state index contributed by atoms with van der Waals surface area (Å²) in [5.74, 6) is 5.84. The molecule has 0 aromatic rings. The van der Waals surface area contributed by atoms with Crippen LogP contribution < -0.4 is 0 Å². The first-order valence-electron chi connectivity index (χ1n) is 14.2. The normalized spacial score (nSPS) is 42.9. The highest BCUT2D eigenvalue weighted by molar-refractivity contribution is 5.60. The van der Waals surface area contributed by atoms with E-state index in [-0.39, 0.29) is 11.5 Å². The third-order valence-electron chi connectivity index (χ3n) is 10.9. The second-order valence-electron chi connectivity index (χ2n) is 13.0. The molecule has 0 aromatic heterocycles. The lowest BCUT2D eigenvalue weighted by Crippen LogP contribution is -2.53. The van der Waals surface area contributed by atoms with E-state index in [1.807, 2.05) is 6.92 Å². The molecule has 0 amide bonds. The van der Waals surface area contributed by atoms with Crippen LogP contribution in [-0.2, 0) is 9.47 Å². The molecule has 0 N–H and O–H groups in total. The molecular formula is C30H50O3. The minimum absolute atomic E-state index is 0.116. The first-order chi connectivity index (χ1) is 15.7. The van der Waals surface area contributed by atoms with Crippen LogP contribution in [-0.4, -0.2) is 18.9 Å². The maximum atomic E-state index is 11.8. The fourth-order valence-electron chi connectivity index (χ4n) is 9.16. The summed E-state index contributed by atoms with van der Waals surface area (Å²) in [6, 6.07) is 0. The number of hydrogen-bond acceptors (Lipinski definition) is 3. The largest absolute Gasteiger partial charge is 0.508 e. The molecule has 9 atom stereocenters. The van der Waals surface area contributed by atoms with Gasteiger partial charge in [0.15, 0.2) is 0 Å². The van der Waals surface area contributed by atoms with Crippen molar-refractivity contribution in [3.63, 3.8) is 0 Å². The molecule has 0 saturated heterocycles. The van der Waals surface area contributed by atoms with Crippen LogP contribution in [0.1, 0.15) is 106 Å². The fourth-order valence-corrected chi connectivity index (χ4v) is 9.16. The fraction of sp³-hybridized carbons (Fsp3) is 0.900. The second-order valence-corrected chi connectivity index (χ2v) is 13.0. The number of carbonyl (C=O) groups is 1. The Labute approximate surface area is 203 Å². The smallest absolute Gasteiger partial charge is 0.435 e. The Kier molecular flexibility index (Phi) is 7.56. The van der Waals surface area contributed by atoms with E-state index < -0.39 is 6.16 Å². The summed E-state index contributed by atoms with van der Waals surface area (Å²) >= 11 is 0.